The summed E-state index contributed by atoms with van der Waals surface area (Å²) in [5.41, 5.74) is -1.82. The molecule has 0 bridgehead atoms. The number of ether oxygens (including phenoxy) is 1. The highest BCUT2D eigenvalue weighted by Gasteiger charge is 2.26. The Hall–Kier alpha value is -2.24. The zero-order valence-corrected chi connectivity index (χ0v) is 11.7. The van der Waals surface area contributed by atoms with Gasteiger partial charge in [0.15, 0.2) is 6.08 Å². The molecule has 1 aliphatic rings. The maximum absolute atomic E-state index is 12.3. The molecule has 0 spiro atoms. The normalized spacial score (nSPS) is 16.6. The van der Waals surface area contributed by atoms with Crippen LogP contribution in [0.25, 0.3) is 0 Å². The first-order chi connectivity index (χ1) is 10.1. The Bertz CT molecular complexity index is 656. The quantitative estimate of drug-likeness (QED) is 0.368. The summed E-state index contributed by atoms with van der Waals surface area (Å²) in [7, 11) is 0. The van der Waals surface area contributed by atoms with Gasteiger partial charge in [-0.25, -0.2) is 28.1 Å². The van der Waals surface area contributed by atoms with Crippen LogP contribution >= 0.6 is 0 Å². The van der Waals surface area contributed by atoms with Crippen LogP contribution in [-0.2, 0) is 24.4 Å². The standard InChI is InChI=1S/C14H18N3O4/c1-3-5-7-15-12(18)16(8-6-4-2)14(20)17(13(15)19)9-11-10-21-11/h1,3-4,11H,2,5-10H2/q+1. The van der Waals surface area contributed by atoms with E-state index in [0.717, 1.165) is 13.7 Å². The van der Waals surface area contributed by atoms with Gasteiger partial charge in [-0.1, -0.05) is 6.08 Å². The molecule has 7 nitrogen and oxygen atoms in total. The molecule has 0 aromatic carbocycles. The van der Waals surface area contributed by atoms with Crippen LogP contribution < -0.4 is 17.1 Å². The molecule has 112 valence electrons. The lowest BCUT2D eigenvalue weighted by molar-refractivity contribution is 0.358. The molecule has 1 aliphatic heterocycles. The molecule has 2 heterocycles. The van der Waals surface area contributed by atoms with Gasteiger partial charge < -0.3 is 4.74 Å². The Morgan fingerprint density at radius 1 is 1.10 bits per heavy atom. The van der Waals surface area contributed by atoms with Crippen LogP contribution in [0.2, 0.25) is 0 Å². The number of aromatic nitrogens is 3. The monoisotopic (exact) mass is 292 g/mol. The lowest BCUT2D eigenvalue weighted by Gasteiger charge is -2.12. The lowest BCUT2D eigenvalue weighted by atomic mass is 10.4. The molecule has 1 fully saturated rings. The van der Waals surface area contributed by atoms with E-state index in [2.05, 4.69) is 6.58 Å². The van der Waals surface area contributed by atoms with Crippen molar-refractivity contribution < 1.29 is 4.74 Å². The van der Waals surface area contributed by atoms with Crippen molar-refractivity contribution in [2.75, 3.05) is 6.61 Å². The van der Waals surface area contributed by atoms with Gasteiger partial charge in [-0.2, -0.15) is 0 Å². The average molecular weight is 292 g/mol. The van der Waals surface area contributed by atoms with Crippen molar-refractivity contribution in [2.45, 2.75) is 38.6 Å². The first-order valence-electron chi connectivity index (χ1n) is 6.80. The fraction of sp³-hybridized carbons (Fsp3) is 0.500. The van der Waals surface area contributed by atoms with Gasteiger partial charge in [0.2, 0.25) is 6.58 Å². The Morgan fingerprint density at radius 3 is 2.10 bits per heavy atom. The van der Waals surface area contributed by atoms with Gasteiger partial charge in [0.05, 0.1) is 19.3 Å². The molecule has 0 amide bonds. The van der Waals surface area contributed by atoms with Gasteiger partial charge in [-0.3, -0.25) is 0 Å². The maximum Gasteiger partial charge on any atom is 0.336 e. The van der Waals surface area contributed by atoms with Crippen LogP contribution in [0.1, 0.15) is 12.8 Å². The highest BCUT2D eigenvalue weighted by Crippen LogP contribution is 2.08. The molecular weight excluding hydrogens is 274 g/mol. The van der Waals surface area contributed by atoms with Crippen molar-refractivity contribution in [3.63, 3.8) is 0 Å². The van der Waals surface area contributed by atoms with E-state index in [-0.39, 0.29) is 25.7 Å². The van der Waals surface area contributed by atoms with E-state index >= 15 is 0 Å². The van der Waals surface area contributed by atoms with Gasteiger partial charge in [0, 0.05) is 19.5 Å². The van der Waals surface area contributed by atoms with Crippen LogP contribution in [0.4, 0.5) is 0 Å². The highest BCUT2D eigenvalue weighted by atomic mass is 16.6. The summed E-state index contributed by atoms with van der Waals surface area (Å²) < 4.78 is 8.21. The minimum Gasteiger partial charge on any atom is -0.371 e. The SMILES string of the molecule is [CH+]=CCCn1c(=O)n(CCC=C)c(=O)n(CC2CO2)c1=O. The van der Waals surface area contributed by atoms with Crippen molar-refractivity contribution in [1.29, 1.82) is 0 Å². The zero-order valence-electron chi connectivity index (χ0n) is 11.7. The lowest BCUT2D eigenvalue weighted by Crippen LogP contribution is -2.55. The van der Waals surface area contributed by atoms with Crippen LogP contribution in [0, 0.1) is 6.58 Å². The van der Waals surface area contributed by atoms with Gasteiger partial charge >= 0.3 is 17.1 Å². The molecule has 0 N–H and O–H groups in total. The molecule has 21 heavy (non-hydrogen) atoms. The minimum atomic E-state index is -0.614. The number of hydrogen-bond donors (Lipinski definition) is 0. The predicted molar refractivity (Wildman–Crippen MR) is 77.3 cm³/mol. The third-order valence-corrected chi connectivity index (χ3v) is 3.25. The molecule has 0 radical (unpaired) electrons. The average Bonchev–Trinajstić information content (AvgIpc) is 3.27. The summed E-state index contributed by atoms with van der Waals surface area (Å²) in [5, 5.41) is 0. The van der Waals surface area contributed by atoms with Crippen molar-refractivity contribution >= 4 is 0 Å². The minimum absolute atomic E-state index is 0.129. The Morgan fingerprint density at radius 2 is 1.62 bits per heavy atom. The number of nitrogens with zero attached hydrogens (tertiary/aromatic N) is 3. The fourth-order valence-corrected chi connectivity index (χ4v) is 2.02. The predicted octanol–water partition coefficient (Wildman–Crippen LogP) is -0.474. The van der Waals surface area contributed by atoms with E-state index in [1.54, 1.807) is 6.08 Å². The molecule has 1 saturated heterocycles. The first-order valence-corrected chi connectivity index (χ1v) is 6.80. The van der Waals surface area contributed by atoms with Crippen molar-refractivity contribution in [1.82, 2.24) is 13.7 Å². The van der Waals surface area contributed by atoms with E-state index in [0.29, 0.717) is 19.4 Å². The van der Waals surface area contributed by atoms with E-state index in [1.165, 1.54) is 6.08 Å². The molecule has 7 heteroatoms. The third-order valence-electron chi connectivity index (χ3n) is 3.25. The van der Waals surface area contributed by atoms with E-state index < -0.39 is 17.1 Å². The molecule has 1 atom stereocenters. The molecule has 0 aliphatic carbocycles. The van der Waals surface area contributed by atoms with Crippen LogP contribution in [-0.4, -0.2) is 26.4 Å². The Kier molecular flexibility index (Phi) is 4.67. The van der Waals surface area contributed by atoms with Gasteiger partial charge in [0.25, 0.3) is 0 Å². The molecule has 1 aromatic rings. The largest absolute Gasteiger partial charge is 0.371 e. The zero-order chi connectivity index (χ0) is 15.4. The Balaban J connectivity index is 2.54. The summed E-state index contributed by atoms with van der Waals surface area (Å²) in [5.74, 6) is 0. The molecular formula is C14H18N3O4+. The number of rotatable bonds is 8. The summed E-state index contributed by atoms with van der Waals surface area (Å²) in [6.07, 6.45) is 3.70. The molecule has 2 rings (SSSR count). The van der Waals surface area contributed by atoms with E-state index in [1.807, 2.05) is 0 Å². The second-order valence-corrected chi connectivity index (χ2v) is 4.82. The summed E-state index contributed by atoms with van der Waals surface area (Å²) >= 11 is 0. The molecule has 0 saturated carbocycles. The van der Waals surface area contributed by atoms with Gasteiger partial charge in [-0.15, -0.1) is 6.58 Å². The van der Waals surface area contributed by atoms with Crippen molar-refractivity contribution in [2.24, 2.45) is 0 Å². The van der Waals surface area contributed by atoms with Gasteiger partial charge in [0.1, 0.15) is 0 Å². The van der Waals surface area contributed by atoms with Gasteiger partial charge in [-0.05, 0) is 6.42 Å². The smallest absolute Gasteiger partial charge is 0.336 e. The number of epoxide rings is 1. The van der Waals surface area contributed by atoms with Crippen molar-refractivity contribution in [3.8, 4) is 0 Å². The highest BCUT2D eigenvalue weighted by molar-refractivity contribution is 4.84. The topological polar surface area (TPSA) is 78.5 Å². The summed E-state index contributed by atoms with van der Waals surface area (Å²) in [6.45, 7) is 9.90. The summed E-state index contributed by atoms with van der Waals surface area (Å²) in [4.78, 5) is 36.9. The maximum atomic E-state index is 12.3. The second-order valence-electron chi connectivity index (χ2n) is 4.82. The summed E-state index contributed by atoms with van der Waals surface area (Å²) in [6, 6.07) is 0. The second kappa shape index (κ2) is 6.47. The number of allylic oxidation sites excluding steroid dienone is 2. The van der Waals surface area contributed by atoms with Crippen LogP contribution in [0.5, 0.6) is 0 Å². The third kappa shape index (κ3) is 3.26. The van der Waals surface area contributed by atoms with Crippen LogP contribution in [0.15, 0.2) is 33.1 Å². The molecule has 1 aromatic heterocycles. The molecule has 1 unspecified atom stereocenters. The Labute approximate surface area is 121 Å². The van der Waals surface area contributed by atoms with E-state index in [9.17, 15) is 14.4 Å². The van der Waals surface area contributed by atoms with Crippen molar-refractivity contribution in [3.05, 3.63) is 56.8 Å². The number of hydrogen-bond acceptors (Lipinski definition) is 4. The van der Waals surface area contributed by atoms with Crippen LogP contribution in [0.3, 0.4) is 0 Å². The van der Waals surface area contributed by atoms with E-state index in [4.69, 9.17) is 11.3 Å². The first kappa shape index (κ1) is 15.2. The fourth-order valence-electron chi connectivity index (χ4n) is 2.02.